The van der Waals surface area contributed by atoms with Gasteiger partial charge in [0.15, 0.2) is 0 Å². The zero-order chi connectivity index (χ0) is 21.9. The first-order valence-electron chi connectivity index (χ1n) is 11.6. The molecule has 4 heteroatoms. The van der Waals surface area contributed by atoms with Crippen molar-refractivity contribution in [1.82, 2.24) is 0 Å². The van der Waals surface area contributed by atoms with E-state index in [2.05, 4.69) is 76.2 Å². The molecule has 2 aromatic carbocycles. The Morgan fingerprint density at radius 1 is 0.903 bits per heavy atom. The second-order valence-electron chi connectivity index (χ2n) is 9.66. The maximum atomic E-state index is 6.06. The van der Waals surface area contributed by atoms with Gasteiger partial charge in [0.05, 0.1) is 44.6 Å². The van der Waals surface area contributed by atoms with Crippen LogP contribution in [0.3, 0.4) is 0 Å². The van der Waals surface area contributed by atoms with Gasteiger partial charge in [-0.2, -0.15) is 0 Å². The van der Waals surface area contributed by atoms with E-state index in [0.717, 1.165) is 57.4 Å². The van der Waals surface area contributed by atoms with Crippen molar-refractivity contribution in [1.29, 1.82) is 0 Å². The Kier molecular flexibility index (Phi) is 6.59. The van der Waals surface area contributed by atoms with Crippen molar-refractivity contribution in [2.24, 2.45) is 11.3 Å². The molecule has 2 atom stereocenters. The normalized spacial score (nSPS) is 22.3. The van der Waals surface area contributed by atoms with E-state index in [-0.39, 0.29) is 10.8 Å². The van der Waals surface area contributed by atoms with Crippen molar-refractivity contribution in [3.05, 3.63) is 59.7 Å². The molecule has 0 radical (unpaired) electrons. The van der Waals surface area contributed by atoms with Crippen LogP contribution in [0, 0.1) is 11.3 Å². The topological polar surface area (TPSA) is 36.9 Å². The van der Waals surface area contributed by atoms with E-state index in [1.54, 1.807) is 0 Å². The first-order chi connectivity index (χ1) is 15.0. The van der Waals surface area contributed by atoms with Crippen molar-refractivity contribution < 1.29 is 18.9 Å². The van der Waals surface area contributed by atoms with Crippen LogP contribution >= 0.6 is 0 Å². The monoisotopic (exact) mass is 424 g/mol. The van der Waals surface area contributed by atoms with Crippen LogP contribution < -0.4 is 9.47 Å². The standard InChI is InChI=1S/C27H36O4/c1-5-25-20(16-30-25)15-29-23-11-7-21(8-12-23)26(3,4)22-9-13-24(14-10-22)31-19-27(6-2)17-28-18-27/h7-14,20,25H,5-6,15-19H2,1-4H3. The van der Waals surface area contributed by atoms with Gasteiger partial charge < -0.3 is 18.9 Å². The average Bonchev–Trinajstić information content (AvgIpc) is 2.74. The van der Waals surface area contributed by atoms with Crippen LogP contribution in [0.15, 0.2) is 48.5 Å². The van der Waals surface area contributed by atoms with Crippen LogP contribution in [0.4, 0.5) is 0 Å². The summed E-state index contributed by atoms with van der Waals surface area (Å²) in [7, 11) is 0. The molecule has 4 nitrogen and oxygen atoms in total. The van der Waals surface area contributed by atoms with Gasteiger partial charge in [-0.25, -0.2) is 0 Å². The largest absolute Gasteiger partial charge is 0.493 e. The minimum atomic E-state index is -0.0986. The van der Waals surface area contributed by atoms with Crippen LogP contribution in [0.25, 0.3) is 0 Å². The highest BCUT2D eigenvalue weighted by Gasteiger charge is 2.37. The zero-order valence-corrected chi connectivity index (χ0v) is 19.4. The lowest BCUT2D eigenvalue weighted by Crippen LogP contribution is -2.46. The third-order valence-electron chi connectivity index (χ3n) is 7.18. The summed E-state index contributed by atoms with van der Waals surface area (Å²) in [5, 5.41) is 0. The molecule has 2 saturated heterocycles. The van der Waals surface area contributed by atoms with Crippen molar-refractivity contribution in [2.75, 3.05) is 33.0 Å². The summed E-state index contributed by atoms with van der Waals surface area (Å²) in [6, 6.07) is 17.0. The first kappa shape index (κ1) is 22.2. The highest BCUT2D eigenvalue weighted by atomic mass is 16.5. The van der Waals surface area contributed by atoms with Gasteiger partial charge in [0.2, 0.25) is 0 Å². The molecule has 2 heterocycles. The predicted molar refractivity (Wildman–Crippen MR) is 123 cm³/mol. The van der Waals surface area contributed by atoms with E-state index in [9.17, 15) is 0 Å². The van der Waals surface area contributed by atoms with E-state index < -0.39 is 0 Å². The van der Waals surface area contributed by atoms with E-state index in [4.69, 9.17) is 18.9 Å². The summed E-state index contributed by atoms with van der Waals surface area (Å²) in [6.45, 7) is 12.8. The molecule has 2 aliphatic heterocycles. The SMILES string of the molecule is CCC1OCC1COc1ccc(C(C)(C)c2ccc(OCC3(CC)COC3)cc2)cc1. The van der Waals surface area contributed by atoms with Gasteiger partial charge in [-0.3, -0.25) is 0 Å². The molecule has 0 saturated carbocycles. The molecular formula is C27H36O4. The quantitative estimate of drug-likeness (QED) is 0.496. The van der Waals surface area contributed by atoms with E-state index in [1.165, 1.54) is 11.1 Å². The molecule has 0 bridgehead atoms. The molecule has 2 fully saturated rings. The van der Waals surface area contributed by atoms with Crippen LogP contribution in [0.2, 0.25) is 0 Å². The maximum Gasteiger partial charge on any atom is 0.119 e. The van der Waals surface area contributed by atoms with Crippen molar-refractivity contribution in [3.8, 4) is 11.5 Å². The van der Waals surface area contributed by atoms with Gasteiger partial charge in [0.1, 0.15) is 11.5 Å². The third kappa shape index (κ3) is 4.75. The zero-order valence-electron chi connectivity index (χ0n) is 19.4. The molecule has 4 rings (SSSR count). The summed E-state index contributed by atoms with van der Waals surface area (Å²) >= 11 is 0. The number of ether oxygens (including phenoxy) is 4. The average molecular weight is 425 g/mol. The molecule has 0 amide bonds. The number of hydrogen-bond donors (Lipinski definition) is 0. The number of hydrogen-bond acceptors (Lipinski definition) is 4. The van der Waals surface area contributed by atoms with Gasteiger partial charge >= 0.3 is 0 Å². The molecule has 31 heavy (non-hydrogen) atoms. The van der Waals surface area contributed by atoms with Crippen LogP contribution in [-0.2, 0) is 14.9 Å². The van der Waals surface area contributed by atoms with Gasteiger partial charge in [-0.15, -0.1) is 0 Å². The van der Waals surface area contributed by atoms with Gasteiger partial charge in [-0.05, 0) is 48.2 Å². The summed E-state index contributed by atoms with van der Waals surface area (Å²) in [4.78, 5) is 0. The van der Waals surface area contributed by atoms with Crippen LogP contribution in [0.5, 0.6) is 11.5 Å². The molecule has 0 spiro atoms. The summed E-state index contributed by atoms with van der Waals surface area (Å²) in [6.07, 6.45) is 2.50. The Bertz CT molecular complexity index is 829. The van der Waals surface area contributed by atoms with E-state index in [0.29, 0.717) is 12.0 Å². The molecule has 0 aliphatic carbocycles. The second-order valence-corrected chi connectivity index (χ2v) is 9.66. The predicted octanol–water partition coefficient (Wildman–Crippen LogP) is 5.62. The second kappa shape index (κ2) is 9.22. The fourth-order valence-corrected chi connectivity index (χ4v) is 4.30. The summed E-state index contributed by atoms with van der Waals surface area (Å²) < 4.78 is 23.0. The van der Waals surface area contributed by atoms with Gasteiger partial charge in [-0.1, -0.05) is 52.0 Å². The Labute approximate surface area is 186 Å². The lowest BCUT2D eigenvalue weighted by Gasteiger charge is -2.40. The molecule has 0 N–H and O–H groups in total. The summed E-state index contributed by atoms with van der Waals surface area (Å²) in [5.41, 5.74) is 2.63. The maximum absolute atomic E-state index is 6.06. The lowest BCUT2D eigenvalue weighted by molar-refractivity contribution is -0.133. The van der Waals surface area contributed by atoms with Gasteiger partial charge in [0.25, 0.3) is 0 Å². The Morgan fingerprint density at radius 2 is 1.48 bits per heavy atom. The smallest absolute Gasteiger partial charge is 0.119 e. The molecule has 2 aliphatic rings. The molecule has 2 aromatic rings. The Hall–Kier alpha value is -2.04. The Morgan fingerprint density at radius 3 is 1.90 bits per heavy atom. The molecular weight excluding hydrogens is 388 g/mol. The summed E-state index contributed by atoms with van der Waals surface area (Å²) in [5.74, 6) is 2.37. The number of benzene rings is 2. The fourth-order valence-electron chi connectivity index (χ4n) is 4.30. The lowest BCUT2D eigenvalue weighted by atomic mass is 9.78. The Balaban J connectivity index is 1.35. The van der Waals surface area contributed by atoms with E-state index >= 15 is 0 Å². The number of rotatable bonds is 10. The minimum Gasteiger partial charge on any atom is -0.493 e. The molecule has 0 aromatic heterocycles. The van der Waals surface area contributed by atoms with Crippen molar-refractivity contribution >= 4 is 0 Å². The van der Waals surface area contributed by atoms with Crippen LogP contribution in [-0.4, -0.2) is 39.1 Å². The highest BCUT2D eigenvalue weighted by molar-refractivity contribution is 5.41. The van der Waals surface area contributed by atoms with E-state index in [1.807, 2.05) is 0 Å². The highest BCUT2D eigenvalue weighted by Crippen LogP contribution is 2.35. The minimum absolute atomic E-state index is 0.0986. The van der Waals surface area contributed by atoms with Crippen molar-refractivity contribution in [2.45, 2.75) is 52.1 Å². The molecule has 2 unspecified atom stereocenters. The first-order valence-corrected chi connectivity index (χ1v) is 11.6. The van der Waals surface area contributed by atoms with Gasteiger partial charge in [0, 0.05) is 11.3 Å². The van der Waals surface area contributed by atoms with Crippen LogP contribution in [0.1, 0.15) is 51.7 Å². The van der Waals surface area contributed by atoms with Crippen molar-refractivity contribution in [3.63, 3.8) is 0 Å². The fraction of sp³-hybridized carbons (Fsp3) is 0.556. The third-order valence-corrected chi connectivity index (χ3v) is 7.18. The molecule has 168 valence electrons.